The third-order valence-electron chi connectivity index (χ3n) is 0.712. The Kier molecular flexibility index (Phi) is 14.8. The van der Waals surface area contributed by atoms with Crippen LogP contribution < -0.4 is 0 Å². The smallest absolute Gasteiger partial charge is 0.303 e. The second-order valence-corrected chi connectivity index (χ2v) is 2.36. The van der Waals surface area contributed by atoms with Gasteiger partial charge in [-0.25, -0.2) is 0 Å². The SMILES string of the molecule is C#CCCCC(=O)O.ClCCl. The number of carboxylic acids is 1. The van der Waals surface area contributed by atoms with Gasteiger partial charge in [-0.1, -0.05) is 0 Å². The first-order chi connectivity index (χ1) is 5.18. The molecular formula is C7H10Cl2O2. The van der Waals surface area contributed by atoms with Crippen molar-refractivity contribution in [1.82, 2.24) is 0 Å². The van der Waals surface area contributed by atoms with Crippen molar-refractivity contribution < 1.29 is 9.90 Å². The van der Waals surface area contributed by atoms with E-state index in [1.165, 1.54) is 0 Å². The molecule has 0 fully saturated rings. The monoisotopic (exact) mass is 196 g/mol. The van der Waals surface area contributed by atoms with Crippen LogP contribution in [0.1, 0.15) is 19.3 Å². The summed E-state index contributed by atoms with van der Waals surface area (Å²) in [5, 5.41) is 8.27. The van der Waals surface area contributed by atoms with E-state index in [1.54, 1.807) is 0 Å². The molecule has 0 heterocycles. The number of alkyl halides is 2. The van der Waals surface area contributed by atoms with Crippen LogP contribution in [0.15, 0.2) is 0 Å². The Balaban J connectivity index is 0. The summed E-state index contributed by atoms with van der Waals surface area (Å²) in [5.74, 6) is 1.58. The average Bonchev–Trinajstić information content (AvgIpc) is 1.89. The number of unbranched alkanes of at least 4 members (excludes halogenated alkanes) is 1. The maximum Gasteiger partial charge on any atom is 0.303 e. The molecule has 0 aliphatic rings. The number of halogens is 2. The molecule has 4 heteroatoms. The minimum Gasteiger partial charge on any atom is -0.481 e. The number of carboxylic acid groups (broad SMARTS) is 1. The minimum atomic E-state index is -0.778. The normalized spacial score (nSPS) is 7.36. The van der Waals surface area contributed by atoms with Gasteiger partial charge in [0.05, 0.1) is 5.34 Å². The van der Waals surface area contributed by atoms with Gasteiger partial charge in [0.15, 0.2) is 0 Å². The zero-order chi connectivity index (χ0) is 9.11. The van der Waals surface area contributed by atoms with Crippen LogP contribution in [0.5, 0.6) is 0 Å². The molecule has 0 atom stereocenters. The predicted octanol–water partition coefficient (Wildman–Crippen LogP) is 2.30. The lowest BCUT2D eigenvalue weighted by Gasteiger charge is -1.85. The van der Waals surface area contributed by atoms with Crippen LogP contribution in [0, 0.1) is 12.3 Å². The fraction of sp³-hybridized carbons (Fsp3) is 0.571. The average molecular weight is 197 g/mol. The first kappa shape index (κ1) is 13.2. The molecule has 0 aromatic carbocycles. The van der Waals surface area contributed by atoms with Gasteiger partial charge in [-0.05, 0) is 6.42 Å². The van der Waals surface area contributed by atoms with E-state index in [4.69, 9.17) is 34.7 Å². The summed E-state index contributed by atoms with van der Waals surface area (Å²) in [6.07, 6.45) is 6.21. The number of rotatable bonds is 3. The van der Waals surface area contributed by atoms with E-state index >= 15 is 0 Å². The van der Waals surface area contributed by atoms with Crippen LogP contribution in [-0.2, 0) is 4.79 Å². The second-order valence-electron chi connectivity index (χ2n) is 1.55. The Bertz CT molecular complexity index is 129. The molecule has 2 nitrogen and oxygen atoms in total. The number of hydrogen-bond acceptors (Lipinski definition) is 1. The van der Waals surface area contributed by atoms with Gasteiger partial charge >= 0.3 is 5.97 Å². The largest absolute Gasteiger partial charge is 0.481 e. The van der Waals surface area contributed by atoms with Gasteiger partial charge in [-0.3, -0.25) is 4.79 Å². The summed E-state index contributed by atoms with van der Waals surface area (Å²) in [6, 6.07) is 0. The standard InChI is InChI=1S/C6H8O2.CH2Cl2/c1-2-3-4-5-6(7)8;2-1-3/h1H,3-5H2,(H,7,8);1H2. The lowest BCUT2D eigenvalue weighted by atomic mass is 10.2. The van der Waals surface area contributed by atoms with Crippen LogP contribution in [0.2, 0.25) is 0 Å². The lowest BCUT2D eigenvalue weighted by Crippen LogP contribution is -1.92. The first-order valence-electron chi connectivity index (χ1n) is 2.96. The zero-order valence-corrected chi connectivity index (χ0v) is 7.53. The lowest BCUT2D eigenvalue weighted by molar-refractivity contribution is -0.137. The molecular weight excluding hydrogens is 187 g/mol. The van der Waals surface area contributed by atoms with Crippen LogP contribution in [0.25, 0.3) is 0 Å². The third-order valence-corrected chi connectivity index (χ3v) is 0.712. The Morgan fingerprint density at radius 3 is 2.27 bits per heavy atom. The van der Waals surface area contributed by atoms with Crippen LogP contribution in [0.3, 0.4) is 0 Å². The molecule has 64 valence electrons. The predicted molar refractivity (Wildman–Crippen MR) is 46.9 cm³/mol. The summed E-state index contributed by atoms with van der Waals surface area (Å²) >= 11 is 9.53. The summed E-state index contributed by atoms with van der Waals surface area (Å²) in [6.45, 7) is 0. The van der Waals surface area contributed by atoms with Crippen LogP contribution in [-0.4, -0.2) is 16.4 Å². The van der Waals surface area contributed by atoms with Crippen molar-refractivity contribution >= 4 is 29.2 Å². The molecule has 0 aliphatic heterocycles. The van der Waals surface area contributed by atoms with Crippen molar-refractivity contribution in [3.05, 3.63) is 0 Å². The highest BCUT2D eigenvalue weighted by Crippen LogP contribution is 1.91. The molecule has 0 aromatic rings. The molecule has 11 heavy (non-hydrogen) atoms. The molecule has 0 aliphatic carbocycles. The highest BCUT2D eigenvalue weighted by atomic mass is 35.5. The van der Waals surface area contributed by atoms with E-state index in [9.17, 15) is 4.79 Å². The van der Waals surface area contributed by atoms with E-state index in [1.807, 2.05) is 0 Å². The van der Waals surface area contributed by atoms with Gasteiger partial charge in [-0.15, -0.1) is 35.5 Å². The molecule has 0 saturated carbocycles. The van der Waals surface area contributed by atoms with Crippen LogP contribution >= 0.6 is 23.2 Å². The maximum atomic E-state index is 9.81. The molecule has 0 aromatic heterocycles. The van der Waals surface area contributed by atoms with E-state index in [0.29, 0.717) is 12.8 Å². The van der Waals surface area contributed by atoms with E-state index in [-0.39, 0.29) is 11.8 Å². The van der Waals surface area contributed by atoms with Crippen molar-refractivity contribution in [2.75, 3.05) is 5.34 Å². The highest BCUT2D eigenvalue weighted by molar-refractivity contribution is 6.40. The van der Waals surface area contributed by atoms with E-state index < -0.39 is 5.97 Å². The van der Waals surface area contributed by atoms with Gasteiger partial charge in [0.25, 0.3) is 0 Å². The van der Waals surface area contributed by atoms with E-state index in [2.05, 4.69) is 5.92 Å². The fourth-order valence-electron chi connectivity index (χ4n) is 0.342. The fourth-order valence-corrected chi connectivity index (χ4v) is 0.342. The van der Waals surface area contributed by atoms with Gasteiger partial charge < -0.3 is 5.11 Å². The number of aliphatic carboxylic acids is 1. The summed E-state index contributed by atoms with van der Waals surface area (Å²) in [7, 11) is 0. The molecule has 0 unspecified atom stereocenters. The van der Waals surface area contributed by atoms with Crippen molar-refractivity contribution in [2.45, 2.75) is 19.3 Å². The zero-order valence-electron chi connectivity index (χ0n) is 6.02. The van der Waals surface area contributed by atoms with Crippen molar-refractivity contribution in [3.63, 3.8) is 0 Å². The highest BCUT2D eigenvalue weighted by Gasteiger charge is 1.92. The Morgan fingerprint density at radius 2 is 2.00 bits per heavy atom. The topological polar surface area (TPSA) is 37.3 Å². The van der Waals surface area contributed by atoms with Gasteiger partial charge in [-0.2, -0.15) is 0 Å². The summed E-state index contributed by atoms with van der Waals surface area (Å²) in [5.41, 5.74) is 0. The molecule has 0 radical (unpaired) electrons. The van der Waals surface area contributed by atoms with Crippen molar-refractivity contribution in [3.8, 4) is 12.3 Å². The Hall–Kier alpha value is -0.390. The van der Waals surface area contributed by atoms with Gasteiger partial charge in [0.1, 0.15) is 0 Å². The first-order valence-corrected chi connectivity index (χ1v) is 4.03. The second kappa shape index (κ2) is 12.3. The molecule has 0 spiro atoms. The van der Waals surface area contributed by atoms with Crippen LogP contribution in [0.4, 0.5) is 0 Å². The molecule has 0 bridgehead atoms. The van der Waals surface area contributed by atoms with Gasteiger partial charge in [0, 0.05) is 12.8 Å². The number of carbonyl (C=O) groups is 1. The van der Waals surface area contributed by atoms with Crippen molar-refractivity contribution in [1.29, 1.82) is 0 Å². The minimum absolute atomic E-state index is 0.185. The molecule has 0 rings (SSSR count). The quantitative estimate of drug-likeness (QED) is 0.428. The van der Waals surface area contributed by atoms with Crippen molar-refractivity contribution in [2.24, 2.45) is 0 Å². The summed E-state index contributed by atoms with van der Waals surface area (Å²) in [4.78, 5) is 9.81. The molecule has 0 amide bonds. The van der Waals surface area contributed by atoms with E-state index in [0.717, 1.165) is 0 Å². The molecule has 0 saturated heterocycles. The Morgan fingerprint density at radius 1 is 1.55 bits per heavy atom. The maximum absolute atomic E-state index is 9.81. The number of hydrogen-bond donors (Lipinski definition) is 1. The summed E-state index contributed by atoms with van der Waals surface area (Å²) < 4.78 is 0. The number of terminal acetylenes is 1. The van der Waals surface area contributed by atoms with Gasteiger partial charge in [0.2, 0.25) is 0 Å². The third kappa shape index (κ3) is 26.2. The molecule has 1 N–H and O–H groups in total. The Labute approximate surface area is 76.5 Å².